The Hall–Kier alpha value is -4.72. The summed E-state index contributed by atoms with van der Waals surface area (Å²) < 4.78 is 26.5. The number of aromatic nitrogens is 3. The molecular weight excluding hydrogens is 447 g/mol. The van der Waals surface area contributed by atoms with Gasteiger partial charge in [-0.1, -0.05) is 53.7 Å². The monoisotopic (exact) mass is 468 g/mol. The maximum atomic E-state index is 14.4. The van der Waals surface area contributed by atoms with Crippen molar-refractivity contribution >= 4 is 5.91 Å². The molecule has 0 bridgehead atoms. The molecule has 0 saturated carbocycles. The van der Waals surface area contributed by atoms with Crippen LogP contribution in [0.1, 0.15) is 16.1 Å². The number of benzene rings is 3. The number of nitrogens with one attached hydrogen (secondary N) is 1. The van der Waals surface area contributed by atoms with Gasteiger partial charge >= 0.3 is 0 Å². The number of carbonyl (C=O) groups is 1. The van der Waals surface area contributed by atoms with Gasteiger partial charge in [-0.25, -0.2) is 9.07 Å². The highest BCUT2D eigenvalue weighted by atomic mass is 19.1. The molecule has 0 atom stereocenters. The normalized spacial score (nSPS) is 10.8. The van der Waals surface area contributed by atoms with Gasteiger partial charge in [-0.2, -0.15) is 5.10 Å². The number of halogens is 1. The summed E-state index contributed by atoms with van der Waals surface area (Å²) in [7, 11) is 1.41. The van der Waals surface area contributed by atoms with E-state index in [1.807, 2.05) is 66.9 Å². The second kappa shape index (κ2) is 9.64. The fourth-order valence-corrected chi connectivity index (χ4v) is 3.70. The molecule has 0 spiro atoms. The van der Waals surface area contributed by atoms with Gasteiger partial charge in [0.1, 0.15) is 0 Å². The Morgan fingerprint density at radius 2 is 1.74 bits per heavy atom. The van der Waals surface area contributed by atoms with Crippen LogP contribution in [0.15, 0.2) is 95.6 Å². The van der Waals surface area contributed by atoms with Crippen molar-refractivity contribution in [3.05, 3.63) is 108 Å². The Kier molecular flexibility index (Phi) is 6.09. The molecule has 8 heteroatoms. The predicted octanol–water partition coefficient (Wildman–Crippen LogP) is 5.27. The first-order valence-corrected chi connectivity index (χ1v) is 10.9. The number of hydrogen-bond donors (Lipinski definition) is 1. The standard InChI is InChI=1S/C27H21FN4O3/c1-34-24-13-12-19(14-22(24)28)26-20(17-32(30-26)21-10-6-3-7-11-21)16-29-27(33)23-15-25(35-31-23)18-8-4-2-5-9-18/h2-15,17H,16H2,1H3,(H,29,33). The molecule has 35 heavy (non-hydrogen) atoms. The molecule has 2 heterocycles. The fourth-order valence-electron chi connectivity index (χ4n) is 3.70. The summed E-state index contributed by atoms with van der Waals surface area (Å²) in [5.74, 6) is -0.242. The van der Waals surface area contributed by atoms with E-state index in [2.05, 4.69) is 15.6 Å². The average Bonchev–Trinajstić information content (AvgIpc) is 3.56. The van der Waals surface area contributed by atoms with Crippen LogP contribution in [0.5, 0.6) is 5.75 Å². The number of rotatable bonds is 7. The van der Waals surface area contributed by atoms with Gasteiger partial charge in [0.15, 0.2) is 23.0 Å². The van der Waals surface area contributed by atoms with E-state index in [4.69, 9.17) is 9.26 Å². The highest BCUT2D eigenvalue weighted by molar-refractivity contribution is 5.93. The Bertz CT molecular complexity index is 1460. The molecule has 0 aliphatic carbocycles. The summed E-state index contributed by atoms with van der Waals surface area (Å²) >= 11 is 0. The van der Waals surface area contributed by atoms with E-state index in [1.165, 1.54) is 13.2 Å². The summed E-state index contributed by atoms with van der Waals surface area (Å²) in [4.78, 5) is 12.8. The van der Waals surface area contributed by atoms with Gasteiger partial charge in [0.25, 0.3) is 5.91 Å². The van der Waals surface area contributed by atoms with E-state index >= 15 is 0 Å². The lowest BCUT2D eigenvalue weighted by atomic mass is 10.1. The van der Waals surface area contributed by atoms with Crippen molar-refractivity contribution in [3.63, 3.8) is 0 Å². The second-order valence-corrected chi connectivity index (χ2v) is 7.76. The highest BCUT2D eigenvalue weighted by Gasteiger charge is 2.18. The van der Waals surface area contributed by atoms with Crippen LogP contribution >= 0.6 is 0 Å². The topological polar surface area (TPSA) is 82.2 Å². The molecule has 174 valence electrons. The largest absolute Gasteiger partial charge is 0.494 e. The third-order valence-electron chi connectivity index (χ3n) is 5.48. The number of carbonyl (C=O) groups excluding carboxylic acids is 1. The lowest BCUT2D eigenvalue weighted by molar-refractivity contribution is 0.0942. The number of methoxy groups -OCH3 is 1. The zero-order valence-corrected chi connectivity index (χ0v) is 18.8. The van der Waals surface area contributed by atoms with E-state index in [1.54, 1.807) is 22.9 Å². The van der Waals surface area contributed by atoms with Crippen molar-refractivity contribution in [1.29, 1.82) is 0 Å². The maximum Gasteiger partial charge on any atom is 0.273 e. The van der Waals surface area contributed by atoms with E-state index in [0.29, 0.717) is 22.6 Å². The third-order valence-corrected chi connectivity index (χ3v) is 5.48. The van der Waals surface area contributed by atoms with Crippen LogP contribution in [0.4, 0.5) is 4.39 Å². The van der Waals surface area contributed by atoms with Crippen molar-refractivity contribution in [3.8, 4) is 34.0 Å². The molecule has 0 radical (unpaired) electrons. The summed E-state index contributed by atoms with van der Waals surface area (Å²) in [6, 6.07) is 25.2. The minimum atomic E-state index is -0.495. The van der Waals surface area contributed by atoms with Gasteiger partial charge in [0.05, 0.1) is 18.5 Å². The van der Waals surface area contributed by atoms with Gasteiger partial charge in [0, 0.05) is 35.5 Å². The summed E-state index contributed by atoms with van der Waals surface area (Å²) in [6.07, 6.45) is 1.81. The van der Waals surface area contributed by atoms with E-state index in [-0.39, 0.29) is 18.0 Å². The lowest BCUT2D eigenvalue weighted by Crippen LogP contribution is -2.23. The van der Waals surface area contributed by atoms with E-state index in [0.717, 1.165) is 11.3 Å². The van der Waals surface area contributed by atoms with Gasteiger partial charge in [-0.05, 0) is 30.3 Å². The SMILES string of the molecule is COc1ccc(-c2nn(-c3ccccc3)cc2CNC(=O)c2cc(-c3ccccc3)on2)cc1F. The quantitative estimate of drug-likeness (QED) is 0.352. The van der Waals surface area contributed by atoms with E-state index in [9.17, 15) is 9.18 Å². The molecule has 0 fully saturated rings. The zero-order chi connectivity index (χ0) is 24.2. The van der Waals surface area contributed by atoms with Crippen LogP contribution in [0.2, 0.25) is 0 Å². The smallest absolute Gasteiger partial charge is 0.273 e. The van der Waals surface area contributed by atoms with Crippen LogP contribution in [0.25, 0.3) is 28.3 Å². The van der Waals surface area contributed by atoms with E-state index < -0.39 is 11.7 Å². The molecule has 0 aliphatic heterocycles. The molecular formula is C27H21FN4O3. The summed E-state index contributed by atoms with van der Waals surface area (Å²) in [6.45, 7) is 0.155. The van der Waals surface area contributed by atoms with Crippen LogP contribution < -0.4 is 10.1 Å². The van der Waals surface area contributed by atoms with Gasteiger partial charge < -0.3 is 14.6 Å². The predicted molar refractivity (Wildman–Crippen MR) is 129 cm³/mol. The molecule has 0 saturated heterocycles. The first-order chi connectivity index (χ1) is 17.1. The van der Waals surface area contributed by atoms with Gasteiger partial charge in [-0.15, -0.1) is 0 Å². The highest BCUT2D eigenvalue weighted by Crippen LogP contribution is 2.28. The average molecular weight is 468 g/mol. The number of hydrogen-bond acceptors (Lipinski definition) is 5. The van der Waals surface area contributed by atoms with Crippen molar-refractivity contribution in [2.75, 3.05) is 7.11 Å². The number of amides is 1. The van der Waals surface area contributed by atoms with Gasteiger partial charge in [0.2, 0.25) is 0 Å². The van der Waals surface area contributed by atoms with Crippen LogP contribution in [-0.2, 0) is 6.54 Å². The molecule has 7 nitrogen and oxygen atoms in total. The van der Waals surface area contributed by atoms with Crippen LogP contribution in [0, 0.1) is 5.82 Å². The van der Waals surface area contributed by atoms with Crippen LogP contribution in [-0.4, -0.2) is 28.0 Å². The Morgan fingerprint density at radius 1 is 1.00 bits per heavy atom. The number of ether oxygens (including phenoxy) is 1. The second-order valence-electron chi connectivity index (χ2n) is 7.76. The first kappa shape index (κ1) is 22.1. The molecule has 5 aromatic rings. The lowest BCUT2D eigenvalue weighted by Gasteiger charge is -2.06. The molecule has 1 N–H and O–H groups in total. The Balaban J connectivity index is 1.41. The third kappa shape index (κ3) is 4.67. The molecule has 3 aromatic carbocycles. The maximum absolute atomic E-state index is 14.4. The van der Waals surface area contributed by atoms with Crippen LogP contribution in [0.3, 0.4) is 0 Å². The summed E-state index contributed by atoms with van der Waals surface area (Å²) in [5.41, 5.74) is 3.64. The Labute approximate surface area is 200 Å². The first-order valence-electron chi connectivity index (χ1n) is 10.9. The molecule has 5 rings (SSSR count). The minimum Gasteiger partial charge on any atom is -0.494 e. The van der Waals surface area contributed by atoms with Crippen molar-refractivity contribution in [1.82, 2.24) is 20.3 Å². The van der Waals surface area contributed by atoms with Gasteiger partial charge in [-0.3, -0.25) is 4.79 Å². The molecule has 2 aromatic heterocycles. The Morgan fingerprint density at radius 3 is 2.46 bits per heavy atom. The molecule has 1 amide bonds. The molecule has 0 unspecified atom stereocenters. The minimum absolute atomic E-state index is 0.145. The van der Waals surface area contributed by atoms with Crippen molar-refractivity contribution in [2.24, 2.45) is 0 Å². The number of nitrogens with zero attached hydrogens (tertiary/aromatic N) is 3. The molecule has 0 aliphatic rings. The number of para-hydroxylation sites is 1. The summed E-state index contributed by atoms with van der Waals surface area (Å²) in [5, 5.41) is 11.4. The fraction of sp³-hybridized carbons (Fsp3) is 0.0741. The van der Waals surface area contributed by atoms with Crippen molar-refractivity contribution < 1.29 is 18.4 Å². The van der Waals surface area contributed by atoms with Crippen molar-refractivity contribution in [2.45, 2.75) is 6.54 Å². The zero-order valence-electron chi connectivity index (χ0n) is 18.8.